The molecule has 0 saturated heterocycles. The molecule has 4 heteroatoms. The Kier molecular flexibility index (Phi) is 2.81. The lowest BCUT2D eigenvalue weighted by atomic mass is 10.2. The van der Waals surface area contributed by atoms with E-state index in [4.69, 9.17) is 10.5 Å². The molecule has 0 unspecified atom stereocenters. The van der Waals surface area contributed by atoms with Gasteiger partial charge in [-0.1, -0.05) is 18.2 Å². The summed E-state index contributed by atoms with van der Waals surface area (Å²) in [5, 5.41) is 4.06. The van der Waals surface area contributed by atoms with Gasteiger partial charge in [0.05, 0.1) is 5.69 Å². The molecule has 16 heavy (non-hydrogen) atoms. The van der Waals surface area contributed by atoms with Crippen LogP contribution in [0.25, 0.3) is 0 Å². The fourth-order valence-electron chi connectivity index (χ4n) is 1.54. The van der Waals surface area contributed by atoms with Gasteiger partial charge in [-0.05, 0) is 18.6 Å². The van der Waals surface area contributed by atoms with Crippen LogP contribution in [0.15, 0.2) is 30.3 Å². The van der Waals surface area contributed by atoms with Crippen LogP contribution in [0.2, 0.25) is 0 Å². The Hall–Kier alpha value is -1.97. The van der Waals surface area contributed by atoms with Crippen molar-refractivity contribution in [3.05, 3.63) is 41.6 Å². The van der Waals surface area contributed by atoms with E-state index in [2.05, 4.69) is 5.10 Å². The maximum absolute atomic E-state index is 5.70. The second kappa shape index (κ2) is 4.26. The lowest BCUT2D eigenvalue weighted by Crippen LogP contribution is -2.03. The number of anilines is 1. The van der Waals surface area contributed by atoms with Gasteiger partial charge in [-0.2, -0.15) is 5.10 Å². The van der Waals surface area contributed by atoms with E-state index < -0.39 is 0 Å². The van der Waals surface area contributed by atoms with Crippen molar-refractivity contribution in [2.24, 2.45) is 7.05 Å². The van der Waals surface area contributed by atoms with Crippen molar-refractivity contribution >= 4 is 5.82 Å². The zero-order chi connectivity index (χ0) is 11.5. The summed E-state index contributed by atoms with van der Waals surface area (Å²) >= 11 is 0. The average molecular weight is 217 g/mol. The van der Waals surface area contributed by atoms with Gasteiger partial charge in [0.25, 0.3) is 0 Å². The third-order valence-electron chi connectivity index (χ3n) is 2.46. The highest BCUT2D eigenvalue weighted by molar-refractivity contribution is 5.33. The second-order valence-corrected chi connectivity index (χ2v) is 3.74. The molecule has 0 amide bonds. The van der Waals surface area contributed by atoms with E-state index in [0.717, 1.165) is 17.0 Å². The highest BCUT2D eigenvalue weighted by atomic mass is 16.5. The van der Waals surface area contributed by atoms with E-state index in [0.29, 0.717) is 12.4 Å². The standard InChI is InChI=1S/C12H15N3O/c1-9-5-3-4-6-11(9)16-8-10-7-12(13)14-15(10)2/h3-7H,8H2,1-2H3,(H2,13,14). The van der Waals surface area contributed by atoms with Crippen LogP contribution in [0.5, 0.6) is 5.75 Å². The predicted molar refractivity (Wildman–Crippen MR) is 63.1 cm³/mol. The maximum atomic E-state index is 5.70. The topological polar surface area (TPSA) is 53.1 Å². The Bertz CT molecular complexity index is 491. The molecule has 2 rings (SSSR count). The summed E-state index contributed by atoms with van der Waals surface area (Å²) in [7, 11) is 1.85. The Balaban J connectivity index is 2.08. The molecule has 1 aromatic carbocycles. The first-order valence-electron chi connectivity index (χ1n) is 5.13. The predicted octanol–water partition coefficient (Wildman–Crippen LogP) is 1.89. The molecule has 0 radical (unpaired) electrons. The summed E-state index contributed by atoms with van der Waals surface area (Å²) in [6, 6.07) is 9.74. The Morgan fingerprint density at radius 2 is 2.12 bits per heavy atom. The van der Waals surface area contributed by atoms with E-state index in [1.807, 2.05) is 44.3 Å². The van der Waals surface area contributed by atoms with Crippen molar-refractivity contribution in [3.8, 4) is 5.75 Å². The number of para-hydroxylation sites is 1. The SMILES string of the molecule is Cc1ccccc1OCc1cc(N)nn1C. The molecule has 2 aromatic rings. The third-order valence-corrected chi connectivity index (χ3v) is 2.46. The molecule has 0 atom stereocenters. The fraction of sp³-hybridized carbons (Fsp3) is 0.250. The molecule has 0 bridgehead atoms. The molecule has 4 nitrogen and oxygen atoms in total. The first-order valence-corrected chi connectivity index (χ1v) is 5.13. The van der Waals surface area contributed by atoms with Crippen LogP contribution in [0.3, 0.4) is 0 Å². The van der Waals surface area contributed by atoms with E-state index in [1.54, 1.807) is 4.68 Å². The van der Waals surface area contributed by atoms with E-state index in [1.165, 1.54) is 0 Å². The molecule has 84 valence electrons. The number of hydrogen-bond acceptors (Lipinski definition) is 3. The Morgan fingerprint density at radius 3 is 2.75 bits per heavy atom. The summed E-state index contributed by atoms with van der Waals surface area (Å²) in [5.74, 6) is 1.41. The zero-order valence-electron chi connectivity index (χ0n) is 9.47. The summed E-state index contributed by atoms with van der Waals surface area (Å²) in [5.41, 5.74) is 7.67. The number of aryl methyl sites for hydroxylation is 2. The summed E-state index contributed by atoms with van der Waals surface area (Å²) < 4.78 is 7.43. The van der Waals surface area contributed by atoms with Gasteiger partial charge >= 0.3 is 0 Å². The highest BCUT2D eigenvalue weighted by Gasteiger charge is 2.04. The van der Waals surface area contributed by atoms with Gasteiger partial charge in [0, 0.05) is 13.1 Å². The van der Waals surface area contributed by atoms with E-state index in [9.17, 15) is 0 Å². The summed E-state index contributed by atoms with van der Waals surface area (Å²) in [6.45, 7) is 2.50. The van der Waals surface area contributed by atoms with E-state index >= 15 is 0 Å². The van der Waals surface area contributed by atoms with Crippen molar-refractivity contribution in [3.63, 3.8) is 0 Å². The third kappa shape index (κ3) is 2.16. The largest absolute Gasteiger partial charge is 0.487 e. The van der Waals surface area contributed by atoms with Gasteiger partial charge in [-0.25, -0.2) is 0 Å². The van der Waals surface area contributed by atoms with Crippen LogP contribution in [-0.4, -0.2) is 9.78 Å². The maximum Gasteiger partial charge on any atom is 0.145 e. The van der Waals surface area contributed by atoms with Crippen molar-refractivity contribution in [2.45, 2.75) is 13.5 Å². The molecule has 0 saturated carbocycles. The number of nitrogens with two attached hydrogens (primary N) is 1. The van der Waals surface area contributed by atoms with Gasteiger partial charge in [0.2, 0.25) is 0 Å². The Morgan fingerprint density at radius 1 is 1.38 bits per heavy atom. The molecule has 1 aromatic heterocycles. The fourth-order valence-corrected chi connectivity index (χ4v) is 1.54. The van der Waals surface area contributed by atoms with Crippen molar-refractivity contribution < 1.29 is 4.74 Å². The number of nitrogen functional groups attached to an aromatic ring is 1. The molecular weight excluding hydrogens is 202 g/mol. The minimum atomic E-state index is 0.478. The van der Waals surface area contributed by atoms with Crippen LogP contribution in [-0.2, 0) is 13.7 Å². The normalized spacial score (nSPS) is 10.4. The Labute approximate surface area is 94.6 Å². The number of ether oxygens (including phenoxy) is 1. The average Bonchev–Trinajstić information content (AvgIpc) is 2.56. The van der Waals surface area contributed by atoms with Crippen molar-refractivity contribution in [1.29, 1.82) is 0 Å². The molecule has 0 aliphatic rings. The monoisotopic (exact) mass is 217 g/mol. The molecule has 2 N–H and O–H groups in total. The minimum absolute atomic E-state index is 0.478. The van der Waals surface area contributed by atoms with Crippen LogP contribution in [0.4, 0.5) is 5.82 Å². The highest BCUT2D eigenvalue weighted by Crippen LogP contribution is 2.18. The molecule has 1 heterocycles. The minimum Gasteiger partial charge on any atom is -0.487 e. The lowest BCUT2D eigenvalue weighted by molar-refractivity contribution is 0.293. The number of aromatic nitrogens is 2. The molecule has 0 spiro atoms. The summed E-state index contributed by atoms with van der Waals surface area (Å²) in [6.07, 6.45) is 0. The number of nitrogens with zero attached hydrogens (tertiary/aromatic N) is 2. The number of rotatable bonds is 3. The smallest absolute Gasteiger partial charge is 0.145 e. The van der Waals surface area contributed by atoms with Crippen molar-refractivity contribution in [1.82, 2.24) is 9.78 Å². The molecular formula is C12H15N3O. The second-order valence-electron chi connectivity index (χ2n) is 3.74. The number of hydrogen-bond donors (Lipinski definition) is 1. The quantitative estimate of drug-likeness (QED) is 0.854. The van der Waals surface area contributed by atoms with E-state index in [-0.39, 0.29) is 0 Å². The lowest BCUT2D eigenvalue weighted by Gasteiger charge is -2.08. The van der Waals surface area contributed by atoms with Crippen LogP contribution >= 0.6 is 0 Å². The summed E-state index contributed by atoms with van der Waals surface area (Å²) in [4.78, 5) is 0. The van der Waals surface area contributed by atoms with Gasteiger partial charge in [-0.15, -0.1) is 0 Å². The van der Waals surface area contributed by atoms with Gasteiger partial charge in [0.15, 0.2) is 0 Å². The van der Waals surface area contributed by atoms with Crippen LogP contribution in [0.1, 0.15) is 11.3 Å². The molecule has 0 aliphatic heterocycles. The van der Waals surface area contributed by atoms with Gasteiger partial charge in [0.1, 0.15) is 18.2 Å². The number of benzene rings is 1. The molecule has 0 aliphatic carbocycles. The van der Waals surface area contributed by atoms with Gasteiger partial charge in [-0.3, -0.25) is 4.68 Å². The zero-order valence-corrected chi connectivity index (χ0v) is 9.47. The molecule has 0 fully saturated rings. The first-order chi connectivity index (χ1) is 7.66. The first kappa shape index (κ1) is 10.5. The van der Waals surface area contributed by atoms with Crippen LogP contribution < -0.4 is 10.5 Å². The van der Waals surface area contributed by atoms with Gasteiger partial charge < -0.3 is 10.5 Å². The van der Waals surface area contributed by atoms with Crippen molar-refractivity contribution in [2.75, 3.05) is 5.73 Å². The van der Waals surface area contributed by atoms with Crippen LogP contribution in [0, 0.1) is 6.92 Å².